The number of benzene rings is 2. The Labute approximate surface area is 158 Å². The van der Waals surface area contributed by atoms with Crippen molar-refractivity contribution in [3.63, 3.8) is 0 Å². The number of pyridine rings is 1. The number of nitrogens with one attached hydrogen (secondary N) is 2. The summed E-state index contributed by atoms with van der Waals surface area (Å²) in [6, 6.07) is 18.4. The van der Waals surface area contributed by atoms with Crippen LogP contribution in [0, 0.1) is 6.92 Å². The van der Waals surface area contributed by atoms with Crippen LogP contribution in [0.15, 0.2) is 66.9 Å². The van der Waals surface area contributed by atoms with Crippen molar-refractivity contribution in [2.24, 2.45) is 0 Å². The van der Waals surface area contributed by atoms with Crippen LogP contribution in [-0.4, -0.2) is 16.8 Å². The van der Waals surface area contributed by atoms with Gasteiger partial charge in [-0.25, -0.2) is 0 Å². The van der Waals surface area contributed by atoms with Crippen molar-refractivity contribution in [2.45, 2.75) is 20.3 Å². The van der Waals surface area contributed by atoms with Gasteiger partial charge in [-0.1, -0.05) is 31.2 Å². The van der Waals surface area contributed by atoms with E-state index in [1.807, 2.05) is 49.4 Å². The van der Waals surface area contributed by atoms with Gasteiger partial charge in [0.05, 0.1) is 11.4 Å². The van der Waals surface area contributed by atoms with Crippen molar-refractivity contribution in [1.82, 2.24) is 4.98 Å². The molecule has 5 heteroatoms. The lowest BCUT2D eigenvalue weighted by atomic mass is 10.1. The van der Waals surface area contributed by atoms with Crippen LogP contribution in [-0.2, 0) is 4.79 Å². The van der Waals surface area contributed by atoms with E-state index < -0.39 is 0 Å². The number of nitrogens with zero attached hydrogens (tertiary/aromatic N) is 1. The molecule has 2 amide bonds. The Balaban J connectivity index is 1.79. The van der Waals surface area contributed by atoms with Crippen LogP contribution in [0.5, 0.6) is 0 Å². The lowest BCUT2D eigenvalue weighted by molar-refractivity contribution is -0.115. The standard InChI is InChI=1S/C22H21N3O2/c1-3-20(26)25-19-8-5-13-23-21(19)16-9-11-17(12-10-16)22(27)24-18-7-4-6-15(2)14-18/h4-14H,3H2,1-2H3,(H,24,27)(H,25,26). The molecule has 0 saturated heterocycles. The number of hydrogen-bond donors (Lipinski definition) is 2. The third-order valence-electron chi connectivity index (χ3n) is 4.10. The van der Waals surface area contributed by atoms with Crippen LogP contribution in [0.1, 0.15) is 29.3 Å². The number of rotatable bonds is 5. The molecule has 5 nitrogen and oxygen atoms in total. The highest BCUT2D eigenvalue weighted by Gasteiger charge is 2.11. The molecule has 0 aliphatic carbocycles. The first-order valence-corrected chi connectivity index (χ1v) is 8.80. The van der Waals surface area contributed by atoms with Gasteiger partial charge in [0.2, 0.25) is 5.91 Å². The molecule has 0 saturated carbocycles. The molecule has 0 aliphatic heterocycles. The molecule has 3 rings (SSSR count). The predicted molar refractivity (Wildman–Crippen MR) is 108 cm³/mol. The Bertz CT molecular complexity index is 965. The molecule has 0 spiro atoms. The Morgan fingerprint density at radius 1 is 0.963 bits per heavy atom. The van der Waals surface area contributed by atoms with E-state index in [1.165, 1.54) is 0 Å². The highest BCUT2D eigenvalue weighted by molar-refractivity contribution is 6.04. The molecule has 1 aromatic heterocycles. The van der Waals surface area contributed by atoms with Crippen molar-refractivity contribution in [3.8, 4) is 11.3 Å². The van der Waals surface area contributed by atoms with Crippen molar-refractivity contribution in [1.29, 1.82) is 0 Å². The number of amides is 2. The molecule has 2 N–H and O–H groups in total. The second kappa shape index (κ2) is 8.27. The molecule has 0 atom stereocenters. The average molecular weight is 359 g/mol. The minimum atomic E-state index is -0.173. The van der Waals surface area contributed by atoms with E-state index in [-0.39, 0.29) is 11.8 Å². The van der Waals surface area contributed by atoms with Crippen molar-refractivity contribution < 1.29 is 9.59 Å². The van der Waals surface area contributed by atoms with Crippen LogP contribution in [0.3, 0.4) is 0 Å². The second-order valence-electron chi connectivity index (χ2n) is 6.20. The Kier molecular flexibility index (Phi) is 5.61. The van der Waals surface area contributed by atoms with E-state index in [2.05, 4.69) is 15.6 Å². The highest BCUT2D eigenvalue weighted by atomic mass is 16.2. The van der Waals surface area contributed by atoms with E-state index >= 15 is 0 Å². The summed E-state index contributed by atoms with van der Waals surface area (Å²) in [4.78, 5) is 28.5. The first kappa shape index (κ1) is 18.3. The molecule has 0 aliphatic rings. The van der Waals surface area contributed by atoms with Gasteiger partial charge in [0.25, 0.3) is 5.91 Å². The van der Waals surface area contributed by atoms with Gasteiger partial charge < -0.3 is 10.6 Å². The van der Waals surface area contributed by atoms with Gasteiger partial charge >= 0.3 is 0 Å². The number of carbonyl (C=O) groups excluding carboxylic acids is 2. The summed E-state index contributed by atoms with van der Waals surface area (Å²) in [6.07, 6.45) is 2.07. The van der Waals surface area contributed by atoms with Crippen molar-refractivity contribution in [3.05, 3.63) is 78.0 Å². The zero-order valence-corrected chi connectivity index (χ0v) is 15.3. The fraction of sp³-hybridized carbons (Fsp3) is 0.136. The molecule has 3 aromatic rings. The van der Waals surface area contributed by atoms with Crippen LogP contribution < -0.4 is 10.6 Å². The lowest BCUT2D eigenvalue weighted by Crippen LogP contribution is -2.12. The average Bonchev–Trinajstić information content (AvgIpc) is 2.68. The molecule has 136 valence electrons. The van der Waals surface area contributed by atoms with Crippen molar-refractivity contribution >= 4 is 23.2 Å². The SMILES string of the molecule is CCC(=O)Nc1cccnc1-c1ccc(C(=O)Nc2cccc(C)c2)cc1. The molecule has 2 aromatic carbocycles. The smallest absolute Gasteiger partial charge is 0.255 e. The third-order valence-corrected chi connectivity index (χ3v) is 4.10. The van der Waals surface area contributed by atoms with Gasteiger partial charge in [0.1, 0.15) is 0 Å². The molecule has 27 heavy (non-hydrogen) atoms. The van der Waals surface area contributed by atoms with Crippen LogP contribution >= 0.6 is 0 Å². The number of hydrogen-bond acceptors (Lipinski definition) is 3. The number of aromatic nitrogens is 1. The maximum atomic E-state index is 12.4. The number of carbonyl (C=O) groups is 2. The van der Waals surface area contributed by atoms with E-state index in [0.717, 1.165) is 16.8 Å². The number of aryl methyl sites for hydroxylation is 1. The summed E-state index contributed by atoms with van der Waals surface area (Å²) in [7, 11) is 0. The normalized spacial score (nSPS) is 10.3. The summed E-state index contributed by atoms with van der Waals surface area (Å²) in [5, 5.41) is 5.75. The van der Waals surface area contributed by atoms with E-state index in [0.29, 0.717) is 23.4 Å². The second-order valence-corrected chi connectivity index (χ2v) is 6.20. The molecule has 0 unspecified atom stereocenters. The Morgan fingerprint density at radius 3 is 2.44 bits per heavy atom. The zero-order valence-electron chi connectivity index (χ0n) is 15.3. The largest absolute Gasteiger partial charge is 0.324 e. The molecule has 1 heterocycles. The van der Waals surface area contributed by atoms with Gasteiger partial charge in [0.15, 0.2) is 0 Å². The maximum Gasteiger partial charge on any atom is 0.255 e. The summed E-state index contributed by atoms with van der Waals surface area (Å²) in [6.45, 7) is 3.78. The van der Waals surface area contributed by atoms with Crippen LogP contribution in [0.4, 0.5) is 11.4 Å². The van der Waals surface area contributed by atoms with Crippen molar-refractivity contribution in [2.75, 3.05) is 10.6 Å². The molecular weight excluding hydrogens is 338 g/mol. The van der Waals surface area contributed by atoms with Gasteiger partial charge in [-0.05, 0) is 48.9 Å². The molecule has 0 bridgehead atoms. The summed E-state index contributed by atoms with van der Waals surface area (Å²) in [5.41, 5.74) is 4.55. The zero-order chi connectivity index (χ0) is 19.2. The summed E-state index contributed by atoms with van der Waals surface area (Å²) < 4.78 is 0. The van der Waals surface area contributed by atoms with Gasteiger partial charge in [-0.3, -0.25) is 14.6 Å². The topological polar surface area (TPSA) is 71.1 Å². The summed E-state index contributed by atoms with van der Waals surface area (Å²) in [5.74, 6) is -0.244. The summed E-state index contributed by atoms with van der Waals surface area (Å²) >= 11 is 0. The Morgan fingerprint density at radius 2 is 1.74 bits per heavy atom. The van der Waals surface area contributed by atoms with Crippen LogP contribution in [0.2, 0.25) is 0 Å². The predicted octanol–water partition coefficient (Wildman–Crippen LogP) is 4.66. The quantitative estimate of drug-likeness (QED) is 0.696. The van der Waals surface area contributed by atoms with E-state index in [1.54, 1.807) is 31.3 Å². The van der Waals surface area contributed by atoms with Gasteiger partial charge in [0, 0.05) is 29.4 Å². The van der Waals surface area contributed by atoms with Crippen LogP contribution in [0.25, 0.3) is 11.3 Å². The third kappa shape index (κ3) is 4.58. The van der Waals surface area contributed by atoms with Gasteiger partial charge in [-0.15, -0.1) is 0 Å². The maximum absolute atomic E-state index is 12.4. The number of anilines is 2. The van der Waals surface area contributed by atoms with E-state index in [9.17, 15) is 9.59 Å². The van der Waals surface area contributed by atoms with E-state index in [4.69, 9.17) is 0 Å². The van der Waals surface area contributed by atoms with Gasteiger partial charge in [-0.2, -0.15) is 0 Å². The lowest BCUT2D eigenvalue weighted by Gasteiger charge is -2.10. The minimum absolute atomic E-state index is 0.0709. The highest BCUT2D eigenvalue weighted by Crippen LogP contribution is 2.26. The molecule has 0 fully saturated rings. The minimum Gasteiger partial charge on any atom is -0.324 e. The first-order valence-electron chi connectivity index (χ1n) is 8.80. The monoisotopic (exact) mass is 359 g/mol. The fourth-order valence-electron chi connectivity index (χ4n) is 2.68. The molecular formula is C22H21N3O2. The Hall–Kier alpha value is -3.47. The molecule has 0 radical (unpaired) electrons. The fourth-order valence-corrected chi connectivity index (χ4v) is 2.68. The first-order chi connectivity index (χ1) is 13.1.